The van der Waals surface area contributed by atoms with Gasteiger partial charge in [-0.2, -0.15) is 0 Å². The van der Waals surface area contributed by atoms with Gasteiger partial charge in [0.25, 0.3) is 11.6 Å². The predicted molar refractivity (Wildman–Crippen MR) is 135 cm³/mol. The van der Waals surface area contributed by atoms with Crippen molar-refractivity contribution in [3.05, 3.63) is 97.3 Å². The second kappa shape index (κ2) is 10.5. The second-order valence-electron chi connectivity index (χ2n) is 7.09. The standard InChI is InChI=1S/C24H18BrN3O5S/c1-32-19-8-6-17(7-9-19)26-24-27-23(29)22(34-24)13-15-5-10-21(20(25)12-15)33-14-16-3-2-4-18(11-16)28(30)31/h2-13H,14H2,1H3,(H,26,27,29)/b22-13+. The molecule has 3 aromatic rings. The number of nitro groups is 1. The van der Waals surface area contributed by atoms with E-state index in [0.717, 1.165) is 11.3 Å². The lowest BCUT2D eigenvalue weighted by Gasteiger charge is -2.09. The molecule has 1 heterocycles. The fourth-order valence-electron chi connectivity index (χ4n) is 3.05. The predicted octanol–water partition coefficient (Wildman–Crippen LogP) is 5.84. The number of rotatable bonds is 7. The fourth-order valence-corrected chi connectivity index (χ4v) is 4.40. The Labute approximate surface area is 208 Å². The van der Waals surface area contributed by atoms with Gasteiger partial charge in [-0.25, -0.2) is 4.99 Å². The molecule has 0 aromatic heterocycles. The van der Waals surface area contributed by atoms with Gasteiger partial charge in [0.2, 0.25) is 0 Å². The normalized spacial score (nSPS) is 15.4. The first kappa shape index (κ1) is 23.5. The van der Waals surface area contributed by atoms with Crippen molar-refractivity contribution in [2.45, 2.75) is 6.61 Å². The quantitative estimate of drug-likeness (QED) is 0.230. The van der Waals surface area contributed by atoms with E-state index in [1.165, 1.54) is 23.9 Å². The Morgan fingerprint density at radius 2 is 1.94 bits per heavy atom. The van der Waals surface area contributed by atoms with Crippen LogP contribution in [0.3, 0.4) is 0 Å². The summed E-state index contributed by atoms with van der Waals surface area (Å²) in [4.78, 5) is 27.8. The van der Waals surface area contributed by atoms with Crippen molar-refractivity contribution in [1.82, 2.24) is 5.32 Å². The summed E-state index contributed by atoms with van der Waals surface area (Å²) in [7, 11) is 1.60. The summed E-state index contributed by atoms with van der Waals surface area (Å²) < 4.78 is 11.6. The minimum Gasteiger partial charge on any atom is -0.497 e. The molecule has 8 nitrogen and oxygen atoms in total. The average Bonchev–Trinajstić information content (AvgIpc) is 3.17. The highest BCUT2D eigenvalue weighted by molar-refractivity contribution is 9.10. The van der Waals surface area contributed by atoms with Gasteiger partial charge >= 0.3 is 0 Å². The Morgan fingerprint density at radius 1 is 1.15 bits per heavy atom. The van der Waals surface area contributed by atoms with Gasteiger partial charge in [-0.1, -0.05) is 18.2 Å². The smallest absolute Gasteiger partial charge is 0.269 e. The zero-order chi connectivity index (χ0) is 24.1. The molecule has 1 amide bonds. The zero-order valence-electron chi connectivity index (χ0n) is 17.9. The molecule has 0 spiro atoms. The first-order valence-electron chi connectivity index (χ1n) is 10.0. The van der Waals surface area contributed by atoms with Crippen LogP contribution in [0.4, 0.5) is 11.4 Å². The molecule has 0 aliphatic carbocycles. The van der Waals surface area contributed by atoms with Gasteiger partial charge in [-0.05, 0) is 81.3 Å². The first-order valence-corrected chi connectivity index (χ1v) is 11.6. The number of nitrogens with one attached hydrogen (secondary N) is 1. The Bertz CT molecular complexity index is 1310. The maximum absolute atomic E-state index is 12.4. The summed E-state index contributed by atoms with van der Waals surface area (Å²) in [6.45, 7) is 0.185. The largest absolute Gasteiger partial charge is 0.497 e. The highest BCUT2D eigenvalue weighted by atomic mass is 79.9. The first-order chi connectivity index (χ1) is 16.4. The van der Waals surface area contributed by atoms with Crippen molar-refractivity contribution in [2.24, 2.45) is 4.99 Å². The molecule has 0 bridgehead atoms. The van der Waals surface area contributed by atoms with E-state index in [-0.39, 0.29) is 18.2 Å². The van der Waals surface area contributed by atoms with Crippen LogP contribution in [0, 0.1) is 10.1 Å². The summed E-state index contributed by atoms with van der Waals surface area (Å²) in [5, 5.41) is 14.2. The lowest BCUT2D eigenvalue weighted by Crippen LogP contribution is -2.19. The number of benzene rings is 3. The molecule has 1 aliphatic heterocycles. The maximum Gasteiger partial charge on any atom is 0.269 e. The number of methoxy groups -OCH3 is 1. The summed E-state index contributed by atoms with van der Waals surface area (Å²) in [6, 6.07) is 19.0. The molecular formula is C24H18BrN3O5S. The van der Waals surface area contributed by atoms with Crippen LogP contribution >= 0.6 is 27.7 Å². The SMILES string of the molecule is COc1ccc(N=C2NC(=O)/C(=C\c3ccc(OCc4cccc([N+](=O)[O-])c4)c(Br)c3)S2)cc1. The van der Waals surface area contributed by atoms with Gasteiger partial charge in [0, 0.05) is 12.1 Å². The van der Waals surface area contributed by atoms with Gasteiger partial charge in [-0.15, -0.1) is 0 Å². The number of ether oxygens (including phenoxy) is 2. The minimum absolute atomic E-state index is 0.0179. The number of carbonyl (C=O) groups excluding carboxylic acids is 1. The van der Waals surface area contributed by atoms with Gasteiger partial charge in [-0.3, -0.25) is 14.9 Å². The number of halogens is 1. The van der Waals surface area contributed by atoms with Crippen molar-refractivity contribution >= 4 is 56.2 Å². The number of carbonyl (C=O) groups is 1. The summed E-state index contributed by atoms with van der Waals surface area (Å²) in [5.41, 5.74) is 2.22. The molecule has 0 unspecified atom stereocenters. The molecule has 1 saturated heterocycles. The van der Waals surface area contributed by atoms with E-state index in [4.69, 9.17) is 9.47 Å². The van der Waals surface area contributed by atoms with Crippen LogP contribution in [0.25, 0.3) is 6.08 Å². The molecule has 1 N–H and O–H groups in total. The van der Waals surface area contributed by atoms with Crippen molar-refractivity contribution in [1.29, 1.82) is 0 Å². The third-order valence-electron chi connectivity index (χ3n) is 4.72. The number of non-ortho nitro benzene ring substituents is 1. The van der Waals surface area contributed by atoms with Crippen molar-refractivity contribution in [3.63, 3.8) is 0 Å². The average molecular weight is 540 g/mol. The molecule has 0 atom stereocenters. The number of hydrogen-bond donors (Lipinski definition) is 1. The monoisotopic (exact) mass is 539 g/mol. The second-order valence-corrected chi connectivity index (χ2v) is 8.97. The summed E-state index contributed by atoms with van der Waals surface area (Å²) in [5.74, 6) is 1.09. The Kier molecular flexibility index (Phi) is 7.29. The summed E-state index contributed by atoms with van der Waals surface area (Å²) in [6.07, 6.45) is 1.77. The van der Waals surface area contributed by atoms with E-state index in [9.17, 15) is 14.9 Å². The third-order valence-corrected chi connectivity index (χ3v) is 6.25. The van der Waals surface area contributed by atoms with Gasteiger partial charge in [0.1, 0.15) is 18.1 Å². The lowest BCUT2D eigenvalue weighted by molar-refractivity contribution is -0.384. The lowest BCUT2D eigenvalue weighted by atomic mass is 10.2. The van der Waals surface area contributed by atoms with Crippen molar-refractivity contribution < 1.29 is 19.2 Å². The zero-order valence-corrected chi connectivity index (χ0v) is 20.3. The van der Waals surface area contributed by atoms with Crippen LogP contribution in [0.5, 0.6) is 11.5 Å². The van der Waals surface area contributed by atoms with Gasteiger partial charge in [0.15, 0.2) is 5.17 Å². The number of nitro benzene ring substituents is 1. The molecule has 3 aromatic carbocycles. The maximum atomic E-state index is 12.4. The molecule has 1 fully saturated rings. The Hall–Kier alpha value is -3.63. The van der Waals surface area contributed by atoms with Crippen LogP contribution in [0.15, 0.2) is 81.1 Å². The highest BCUT2D eigenvalue weighted by Crippen LogP contribution is 2.32. The van der Waals surface area contributed by atoms with Crippen molar-refractivity contribution in [3.8, 4) is 11.5 Å². The number of aliphatic imine (C=N–C) groups is 1. The Balaban J connectivity index is 1.43. The topological polar surface area (TPSA) is 103 Å². The van der Waals surface area contributed by atoms with Crippen LogP contribution in [-0.4, -0.2) is 23.1 Å². The number of thioether (sulfide) groups is 1. The molecule has 1 aliphatic rings. The van der Waals surface area contributed by atoms with E-state index < -0.39 is 4.92 Å². The molecule has 34 heavy (non-hydrogen) atoms. The number of amidine groups is 1. The van der Waals surface area contributed by atoms with Gasteiger partial charge < -0.3 is 14.8 Å². The van der Waals surface area contributed by atoms with Crippen molar-refractivity contribution in [2.75, 3.05) is 7.11 Å². The molecule has 10 heteroatoms. The van der Waals surface area contributed by atoms with E-state index >= 15 is 0 Å². The van der Waals surface area contributed by atoms with Crippen LogP contribution < -0.4 is 14.8 Å². The van der Waals surface area contributed by atoms with E-state index in [1.54, 1.807) is 43.5 Å². The molecule has 4 rings (SSSR count). The molecule has 0 radical (unpaired) electrons. The highest BCUT2D eigenvalue weighted by Gasteiger charge is 2.24. The van der Waals surface area contributed by atoms with E-state index in [1.807, 2.05) is 24.3 Å². The number of hydrogen-bond acceptors (Lipinski definition) is 7. The van der Waals surface area contributed by atoms with Crippen LogP contribution in [-0.2, 0) is 11.4 Å². The van der Waals surface area contributed by atoms with E-state index in [0.29, 0.717) is 31.5 Å². The van der Waals surface area contributed by atoms with Crippen LogP contribution in [0.1, 0.15) is 11.1 Å². The van der Waals surface area contributed by atoms with Gasteiger partial charge in [0.05, 0.1) is 27.1 Å². The molecule has 172 valence electrons. The fraction of sp³-hybridized carbons (Fsp3) is 0.0833. The summed E-state index contributed by atoms with van der Waals surface area (Å²) >= 11 is 4.74. The molecule has 0 saturated carbocycles. The number of nitrogens with zero attached hydrogens (tertiary/aromatic N) is 2. The minimum atomic E-state index is -0.438. The third kappa shape index (κ3) is 5.83. The number of amides is 1. The molecular weight excluding hydrogens is 522 g/mol. The van der Waals surface area contributed by atoms with Crippen LogP contribution in [0.2, 0.25) is 0 Å². The Morgan fingerprint density at radius 3 is 2.65 bits per heavy atom. The van der Waals surface area contributed by atoms with E-state index in [2.05, 4.69) is 26.2 Å².